The molecule has 5 nitrogen and oxygen atoms in total. The summed E-state index contributed by atoms with van der Waals surface area (Å²) in [4.78, 5) is 3.91. The van der Waals surface area contributed by atoms with Gasteiger partial charge in [0.1, 0.15) is 5.25 Å². The van der Waals surface area contributed by atoms with Crippen LogP contribution in [0.25, 0.3) is 0 Å². The fourth-order valence-corrected chi connectivity index (χ4v) is 3.06. The first kappa shape index (κ1) is 13.2. The van der Waals surface area contributed by atoms with E-state index < -0.39 is 15.4 Å². The second-order valence-corrected chi connectivity index (χ2v) is 5.46. The van der Waals surface area contributed by atoms with E-state index in [4.69, 9.17) is 0 Å². The lowest BCUT2D eigenvalue weighted by molar-refractivity contribution is 0.386. The first-order valence-electron chi connectivity index (χ1n) is 5.44. The van der Waals surface area contributed by atoms with Crippen molar-refractivity contribution < 1.29 is 13.0 Å². The Balaban J connectivity index is 3.01. The van der Waals surface area contributed by atoms with Gasteiger partial charge in [-0.25, -0.2) is 4.98 Å². The minimum Gasteiger partial charge on any atom is -0.333 e. The molecule has 0 saturated carbocycles. The Labute approximate surface area is 96.3 Å². The second-order valence-electron chi connectivity index (χ2n) is 3.83. The van der Waals surface area contributed by atoms with Crippen molar-refractivity contribution in [3.63, 3.8) is 0 Å². The SMILES string of the molecule is CCCC(C(CC)S(=O)(=O)O)n1ccnc1. The zero-order valence-corrected chi connectivity index (χ0v) is 10.4. The molecule has 0 fully saturated rings. The van der Waals surface area contributed by atoms with Crippen LogP contribution in [-0.2, 0) is 10.1 Å². The van der Waals surface area contributed by atoms with Gasteiger partial charge in [0.15, 0.2) is 0 Å². The van der Waals surface area contributed by atoms with Crippen LogP contribution in [0.15, 0.2) is 18.7 Å². The molecular formula is C10H18N2O3S. The summed E-state index contributed by atoms with van der Waals surface area (Å²) >= 11 is 0. The van der Waals surface area contributed by atoms with E-state index in [0.717, 1.165) is 6.42 Å². The molecule has 0 amide bonds. The average molecular weight is 246 g/mol. The Morgan fingerprint density at radius 3 is 2.50 bits per heavy atom. The molecule has 0 aliphatic heterocycles. The standard InChI is InChI=1S/C10H18N2O3S/c1-3-5-9(12-7-6-11-8-12)10(4-2)16(13,14)15/h6-10H,3-5H2,1-2H3,(H,13,14,15). The molecule has 16 heavy (non-hydrogen) atoms. The number of hydrogen-bond acceptors (Lipinski definition) is 3. The van der Waals surface area contributed by atoms with Crippen molar-refractivity contribution >= 4 is 10.1 Å². The van der Waals surface area contributed by atoms with E-state index in [1.807, 2.05) is 6.92 Å². The van der Waals surface area contributed by atoms with E-state index in [9.17, 15) is 13.0 Å². The molecule has 0 aliphatic carbocycles. The summed E-state index contributed by atoms with van der Waals surface area (Å²) in [7, 11) is -4.01. The van der Waals surface area contributed by atoms with Crippen molar-refractivity contribution in [2.75, 3.05) is 0 Å². The molecule has 0 aliphatic rings. The molecule has 1 aromatic rings. The van der Waals surface area contributed by atoms with Crippen LogP contribution in [0, 0.1) is 0 Å². The van der Waals surface area contributed by atoms with Gasteiger partial charge in [0.05, 0.1) is 12.4 Å². The maximum Gasteiger partial charge on any atom is 0.269 e. The largest absolute Gasteiger partial charge is 0.333 e. The van der Waals surface area contributed by atoms with E-state index in [2.05, 4.69) is 4.98 Å². The molecule has 2 unspecified atom stereocenters. The Kier molecular flexibility index (Phi) is 4.49. The zero-order chi connectivity index (χ0) is 12.2. The predicted molar refractivity (Wildman–Crippen MR) is 61.8 cm³/mol. The summed E-state index contributed by atoms with van der Waals surface area (Å²) in [5, 5.41) is -0.762. The highest BCUT2D eigenvalue weighted by molar-refractivity contribution is 7.86. The van der Waals surface area contributed by atoms with Crippen molar-refractivity contribution in [2.45, 2.75) is 44.4 Å². The molecule has 0 aromatic carbocycles. The van der Waals surface area contributed by atoms with Crippen LogP contribution in [0.2, 0.25) is 0 Å². The van der Waals surface area contributed by atoms with E-state index in [1.165, 1.54) is 0 Å². The van der Waals surface area contributed by atoms with Crippen LogP contribution in [0.5, 0.6) is 0 Å². The minimum atomic E-state index is -4.01. The van der Waals surface area contributed by atoms with Crippen LogP contribution in [0.1, 0.15) is 39.2 Å². The Morgan fingerprint density at radius 1 is 1.44 bits per heavy atom. The van der Waals surface area contributed by atoms with Crippen LogP contribution in [-0.4, -0.2) is 27.8 Å². The maximum atomic E-state index is 11.3. The second kappa shape index (κ2) is 5.45. The fourth-order valence-electron chi connectivity index (χ4n) is 1.97. The molecule has 1 rings (SSSR count). The van der Waals surface area contributed by atoms with Gasteiger partial charge in [-0.05, 0) is 12.8 Å². The molecule has 92 valence electrons. The Morgan fingerprint density at radius 2 is 2.12 bits per heavy atom. The van der Waals surface area contributed by atoms with E-state index in [1.54, 1.807) is 30.2 Å². The third-order valence-corrected chi connectivity index (χ3v) is 4.12. The first-order valence-corrected chi connectivity index (χ1v) is 6.94. The monoisotopic (exact) mass is 246 g/mol. The predicted octanol–water partition coefficient (Wildman–Crippen LogP) is 1.89. The lowest BCUT2D eigenvalue weighted by Crippen LogP contribution is -2.30. The van der Waals surface area contributed by atoms with E-state index in [-0.39, 0.29) is 6.04 Å². The lowest BCUT2D eigenvalue weighted by Gasteiger charge is -2.24. The summed E-state index contributed by atoms with van der Waals surface area (Å²) in [5.74, 6) is 0. The summed E-state index contributed by atoms with van der Waals surface area (Å²) in [6.45, 7) is 3.75. The van der Waals surface area contributed by atoms with Crippen molar-refractivity contribution in [3.05, 3.63) is 18.7 Å². The van der Waals surface area contributed by atoms with Gasteiger partial charge in [0.2, 0.25) is 0 Å². The van der Waals surface area contributed by atoms with Gasteiger partial charge >= 0.3 is 0 Å². The highest BCUT2D eigenvalue weighted by Crippen LogP contribution is 2.25. The molecule has 2 atom stereocenters. The number of hydrogen-bond donors (Lipinski definition) is 1. The van der Waals surface area contributed by atoms with Crippen molar-refractivity contribution in [1.29, 1.82) is 0 Å². The van der Waals surface area contributed by atoms with E-state index >= 15 is 0 Å². The molecule has 6 heteroatoms. The first-order chi connectivity index (χ1) is 7.50. The van der Waals surface area contributed by atoms with Crippen LogP contribution in [0.4, 0.5) is 0 Å². The quantitative estimate of drug-likeness (QED) is 0.778. The molecule has 0 saturated heterocycles. The third-order valence-electron chi connectivity index (χ3n) is 2.71. The summed E-state index contributed by atoms with van der Waals surface area (Å²) in [6.07, 6.45) is 6.88. The van der Waals surface area contributed by atoms with Gasteiger partial charge in [0, 0.05) is 12.4 Å². The van der Waals surface area contributed by atoms with Gasteiger partial charge in [-0.15, -0.1) is 0 Å². The van der Waals surface area contributed by atoms with Gasteiger partial charge in [-0.1, -0.05) is 20.3 Å². The maximum absolute atomic E-state index is 11.3. The van der Waals surface area contributed by atoms with Crippen molar-refractivity contribution in [1.82, 2.24) is 9.55 Å². The van der Waals surface area contributed by atoms with Gasteiger partial charge < -0.3 is 4.57 Å². The molecule has 0 radical (unpaired) electrons. The summed E-state index contributed by atoms with van der Waals surface area (Å²) < 4.78 is 33.6. The summed E-state index contributed by atoms with van der Waals surface area (Å²) in [5.41, 5.74) is 0. The molecular weight excluding hydrogens is 228 g/mol. The zero-order valence-electron chi connectivity index (χ0n) is 9.57. The highest BCUT2D eigenvalue weighted by atomic mass is 32.2. The van der Waals surface area contributed by atoms with Crippen molar-refractivity contribution in [2.24, 2.45) is 0 Å². The van der Waals surface area contributed by atoms with Crippen LogP contribution < -0.4 is 0 Å². The Bertz CT molecular complexity index is 400. The number of rotatable bonds is 6. The normalized spacial score (nSPS) is 15.9. The number of nitrogens with zero attached hydrogens (tertiary/aromatic N) is 2. The highest BCUT2D eigenvalue weighted by Gasteiger charge is 2.30. The van der Waals surface area contributed by atoms with Gasteiger partial charge in [-0.2, -0.15) is 8.42 Å². The number of aromatic nitrogens is 2. The molecule has 0 spiro atoms. The van der Waals surface area contributed by atoms with Crippen LogP contribution >= 0.6 is 0 Å². The fraction of sp³-hybridized carbons (Fsp3) is 0.700. The third kappa shape index (κ3) is 3.05. The topological polar surface area (TPSA) is 72.2 Å². The number of imidazole rings is 1. The molecule has 1 N–H and O–H groups in total. The van der Waals surface area contributed by atoms with Gasteiger partial charge in [0.25, 0.3) is 10.1 Å². The minimum absolute atomic E-state index is 0.243. The van der Waals surface area contributed by atoms with E-state index in [0.29, 0.717) is 12.8 Å². The Hall–Kier alpha value is -0.880. The smallest absolute Gasteiger partial charge is 0.269 e. The lowest BCUT2D eigenvalue weighted by atomic mass is 10.1. The van der Waals surface area contributed by atoms with Gasteiger partial charge in [-0.3, -0.25) is 4.55 Å². The average Bonchev–Trinajstić information content (AvgIpc) is 2.68. The molecule has 1 aromatic heterocycles. The van der Waals surface area contributed by atoms with Crippen molar-refractivity contribution in [3.8, 4) is 0 Å². The molecule has 0 bridgehead atoms. The van der Waals surface area contributed by atoms with Crippen LogP contribution in [0.3, 0.4) is 0 Å². The molecule has 1 heterocycles. The summed E-state index contributed by atoms with van der Waals surface area (Å²) in [6, 6.07) is -0.243.